The monoisotopic (exact) mass is 250 g/mol. The zero-order chi connectivity index (χ0) is 14.1. The van der Waals surface area contributed by atoms with Gasteiger partial charge >= 0.3 is 0 Å². The summed E-state index contributed by atoms with van der Waals surface area (Å²) in [5.74, 6) is 0. The maximum Gasteiger partial charge on any atom is 0.125 e. The fourth-order valence-corrected chi connectivity index (χ4v) is 1.93. The van der Waals surface area contributed by atoms with Crippen molar-refractivity contribution in [2.45, 2.75) is 71.9 Å². The first-order valence-corrected chi connectivity index (χ1v) is 6.85. The fraction of sp³-hybridized carbons (Fsp3) is 0.647. The van der Waals surface area contributed by atoms with Crippen molar-refractivity contribution >= 4 is 0 Å². The predicted molar refractivity (Wildman–Crippen MR) is 78.0 cm³/mol. The minimum Gasteiger partial charge on any atom is -0.242 e. The average Bonchev–Trinajstić information content (AvgIpc) is 2.25. The molecular weight excluding hydrogens is 223 g/mol. The first-order valence-electron chi connectivity index (χ1n) is 6.85. The van der Waals surface area contributed by atoms with E-state index in [2.05, 4.69) is 47.6 Å². The zero-order valence-corrected chi connectivity index (χ0v) is 12.9. The maximum atomic E-state index is 14.0. The van der Waals surface area contributed by atoms with Crippen molar-refractivity contribution in [1.29, 1.82) is 0 Å². The van der Waals surface area contributed by atoms with E-state index in [1.807, 2.05) is 19.1 Å². The molecule has 0 bridgehead atoms. The summed E-state index contributed by atoms with van der Waals surface area (Å²) in [5.41, 5.74) is 3.39. The second-order valence-electron chi connectivity index (χ2n) is 7.22. The highest BCUT2D eigenvalue weighted by atomic mass is 19.1. The van der Waals surface area contributed by atoms with Crippen LogP contribution in [-0.4, -0.2) is 0 Å². The van der Waals surface area contributed by atoms with Gasteiger partial charge in [-0.25, -0.2) is 4.39 Å². The number of alkyl halides is 1. The molecule has 1 heteroatoms. The average molecular weight is 250 g/mol. The number of benzene rings is 1. The Morgan fingerprint density at radius 2 is 1.28 bits per heavy atom. The van der Waals surface area contributed by atoms with Gasteiger partial charge in [0.05, 0.1) is 0 Å². The standard InChI is InChI=1S/C17H27F/c1-8-15(18)12-9-13(16(2,3)4)11-14(10-12)17(5,6)7/h9-11,15H,8H2,1-7H3. The molecule has 1 aromatic carbocycles. The van der Waals surface area contributed by atoms with Gasteiger partial charge in [-0.2, -0.15) is 0 Å². The van der Waals surface area contributed by atoms with E-state index in [-0.39, 0.29) is 10.8 Å². The van der Waals surface area contributed by atoms with Gasteiger partial charge in [-0.3, -0.25) is 0 Å². The second-order valence-corrected chi connectivity index (χ2v) is 7.22. The molecule has 0 fully saturated rings. The summed E-state index contributed by atoms with van der Waals surface area (Å²) >= 11 is 0. The van der Waals surface area contributed by atoms with Gasteiger partial charge in [0.2, 0.25) is 0 Å². The SMILES string of the molecule is CCC(F)c1cc(C(C)(C)C)cc(C(C)(C)C)c1. The minimum absolute atomic E-state index is 0.0590. The normalized spacial score (nSPS) is 14.7. The molecule has 0 amide bonds. The van der Waals surface area contributed by atoms with Gasteiger partial charge in [-0.1, -0.05) is 66.7 Å². The van der Waals surface area contributed by atoms with E-state index >= 15 is 0 Å². The number of hydrogen-bond acceptors (Lipinski definition) is 0. The highest BCUT2D eigenvalue weighted by molar-refractivity contribution is 5.38. The van der Waals surface area contributed by atoms with Crippen LogP contribution in [0.5, 0.6) is 0 Å². The largest absolute Gasteiger partial charge is 0.242 e. The first kappa shape index (κ1) is 15.2. The second kappa shape index (κ2) is 5.03. The van der Waals surface area contributed by atoms with Gasteiger partial charge in [-0.05, 0) is 33.9 Å². The molecule has 0 aliphatic rings. The van der Waals surface area contributed by atoms with Crippen molar-refractivity contribution < 1.29 is 4.39 Å². The van der Waals surface area contributed by atoms with Crippen molar-refractivity contribution in [2.75, 3.05) is 0 Å². The minimum atomic E-state index is -0.853. The van der Waals surface area contributed by atoms with Crippen LogP contribution < -0.4 is 0 Å². The molecule has 0 aliphatic heterocycles. The third-order valence-corrected chi connectivity index (χ3v) is 3.41. The molecule has 0 nitrogen and oxygen atoms in total. The van der Waals surface area contributed by atoms with Crippen LogP contribution in [0, 0.1) is 0 Å². The Morgan fingerprint density at radius 1 is 0.889 bits per heavy atom. The van der Waals surface area contributed by atoms with Gasteiger partial charge < -0.3 is 0 Å². The third-order valence-electron chi connectivity index (χ3n) is 3.41. The molecule has 1 rings (SSSR count). The predicted octanol–water partition coefficient (Wildman–Crippen LogP) is 5.70. The maximum absolute atomic E-state index is 14.0. The van der Waals surface area contributed by atoms with Crippen LogP contribution in [0.1, 0.15) is 77.7 Å². The summed E-state index contributed by atoms with van der Waals surface area (Å²) in [7, 11) is 0. The lowest BCUT2D eigenvalue weighted by Crippen LogP contribution is -2.17. The quantitative estimate of drug-likeness (QED) is 0.631. The summed E-state index contributed by atoms with van der Waals surface area (Å²) in [5, 5.41) is 0. The number of rotatable bonds is 2. The molecule has 0 aliphatic carbocycles. The summed E-state index contributed by atoms with van der Waals surface area (Å²) in [6, 6.07) is 6.29. The van der Waals surface area contributed by atoms with Crippen molar-refractivity contribution in [3.63, 3.8) is 0 Å². The molecule has 0 radical (unpaired) electrons. The van der Waals surface area contributed by atoms with Crippen LogP contribution >= 0.6 is 0 Å². The topological polar surface area (TPSA) is 0 Å². The molecular formula is C17H27F. The van der Waals surface area contributed by atoms with Gasteiger partial charge in [0.15, 0.2) is 0 Å². The Morgan fingerprint density at radius 3 is 1.56 bits per heavy atom. The smallest absolute Gasteiger partial charge is 0.125 e. The van der Waals surface area contributed by atoms with Crippen LogP contribution in [0.3, 0.4) is 0 Å². The molecule has 0 N–H and O–H groups in total. The van der Waals surface area contributed by atoms with E-state index in [1.165, 1.54) is 11.1 Å². The molecule has 0 spiro atoms. The van der Waals surface area contributed by atoms with Crippen LogP contribution in [0.4, 0.5) is 4.39 Å². The highest BCUT2D eigenvalue weighted by Gasteiger charge is 2.22. The summed E-state index contributed by atoms with van der Waals surface area (Å²) in [6.45, 7) is 15.0. The van der Waals surface area contributed by atoms with Crippen LogP contribution in [-0.2, 0) is 10.8 Å². The third kappa shape index (κ3) is 3.57. The summed E-state index contributed by atoms with van der Waals surface area (Å²) in [6.07, 6.45) is -0.314. The van der Waals surface area contributed by atoms with E-state index in [1.54, 1.807) is 0 Å². The number of hydrogen-bond donors (Lipinski definition) is 0. The van der Waals surface area contributed by atoms with Crippen molar-refractivity contribution in [2.24, 2.45) is 0 Å². The summed E-state index contributed by atoms with van der Waals surface area (Å²) in [4.78, 5) is 0. The molecule has 0 aromatic heterocycles. The van der Waals surface area contributed by atoms with E-state index in [4.69, 9.17) is 0 Å². The number of halogens is 1. The molecule has 1 atom stereocenters. The lowest BCUT2D eigenvalue weighted by Gasteiger charge is -2.26. The van der Waals surface area contributed by atoms with E-state index in [0.717, 1.165) is 5.56 Å². The Labute approximate surface area is 112 Å². The molecule has 0 saturated heterocycles. The lowest BCUT2D eigenvalue weighted by molar-refractivity contribution is 0.333. The first-order chi connectivity index (χ1) is 8.05. The Hall–Kier alpha value is -0.850. The lowest BCUT2D eigenvalue weighted by atomic mass is 9.79. The van der Waals surface area contributed by atoms with Crippen LogP contribution in [0.25, 0.3) is 0 Å². The Kier molecular flexibility index (Phi) is 4.25. The van der Waals surface area contributed by atoms with Gasteiger partial charge in [0.1, 0.15) is 6.17 Å². The van der Waals surface area contributed by atoms with E-state index in [9.17, 15) is 4.39 Å². The van der Waals surface area contributed by atoms with Gasteiger partial charge in [0.25, 0.3) is 0 Å². The molecule has 1 unspecified atom stereocenters. The van der Waals surface area contributed by atoms with E-state index < -0.39 is 6.17 Å². The van der Waals surface area contributed by atoms with Crippen molar-refractivity contribution in [3.8, 4) is 0 Å². The molecule has 1 aromatic rings. The van der Waals surface area contributed by atoms with Gasteiger partial charge in [-0.15, -0.1) is 0 Å². The van der Waals surface area contributed by atoms with Gasteiger partial charge in [0, 0.05) is 0 Å². The Balaban J connectivity index is 3.39. The Bertz CT molecular complexity index is 372. The molecule has 18 heavy (non-hydrogen) atoms. The zero-order valence-electron chi connectivity index (χ0n) is 12.9. The molecule has 102 valence electrons. The highest BCUT2D eigenvalue weighted by Crippen LogP contribution is 2.33. The van der Waals surface area contributed by atoms with Crippen LogP contribution in [0.2, 0.25) is 0 Å². The molecule has 0 heterocycles. The van der Waals surface area contributed by atoms with Crippen molar-refractivity contribution in [3.05, 3.63) is 34.9 Å². The molecule has 0 saturated carbocycles. The fourth-order valence-electron chi connectivity index (χ4n) is 1.93. The van der Waals surface area contributed by atoms with Crippen molar-refractivity contribution in [1.82, 2.24) is 0 Å². The van der Waals surface area contributed by atoms with E-state index in [0.29, 0.717) is 6.42 Å². The van der Waals surface area contributed by atoms with Crippen LogP contribution in [0.15, 0.2) is 18.2 Å². The summed E-state index contributed by atoms with van der Waals surface area (Å²) < 4.78 is 14.0.